The van der Waals surface area contributed by atoms with Gasteiger partial charge < -0.3 is 10.1 Å². The predicted molar refractivity (Wildman–Crippen MR) is 101 cm³/mol. The molecule has 1 aromatic carbocycles. The van der Waals surface area contributed by atoms with Crippen molar-refractivity contribution in [2.45, 2.75) is 51.7 Å². The topological polar surface area (TPSA) is 90.3 Å². The first kappa shape index (κ1) is 19.1. The van der Waals surface area contributed by atoms with Gasteiger partial charge in [0.2, 0.25) is 0 Å². The number of ether oxygens (including phenoxy) is 1. The second-order valence-corrected chi connectivity index (χ2v) is 7.25. The molecule has 1 aliphatic carbocycles. The van der Waals surface area contributed by atoms with Crippen molar-refractivity contribution < 1.29 is 14.3 Å². The van der Waals surface area contributed by atoms with Crippen LogP contribution in [0.3, 0.4) is 0 Å². The number of carbonyl (C=O) groups excluding carboxylic acids is 2. The molecule has 0 unspecified atom stereocenters. The number of rotatable bonds is 4. The summed E-state index contributed by atoms with van der Waals surface area (Å²) in [5, 5.41) is 7.83. The van der Waals surface area contributed by atoms with Gasteiger partial charge in [0.25, 0.3) is 11.5 Å². The monoisotopic (exact) mass is 371 g/mol. The van der Waals surface area contributed by atoms with Crippen LogP contribution in [0.5, 0.6) is 0 Å². The summed E-state index contributed by atoms with van der Waals surface area (Å²) in [6.07, 6.45) is 3.37. The molecule has 3 atom stereocenters. The van der Waals surface area contributed by atoms with E-state index in [0.29, 0.717) is 16.7 Å². The van der Waals surface area contributed by atoms with Crippen molar-refractivity contribution in [2.24, 2.45) is 13.0 Å². The van der Waals surface area contributed by atoms with Crippen LogP contribution >= 0.6 is 0 Å². The molecule has 0 bridgehead atoms. The smallest absolute Gasteiger partial charge is 0.360 e. The van der Waals surface area contributed by atoms with Gasteiger partial charge in [-0.2, -0.15) is 5.10 Å². The number of nitrogens with zero attached hydrogens (tertiary/aromatic N) is 2. The Kier molecular flexibility index (Phi) is 5.58. The molecule has 2 aromatic rings. The van der Waals surface area contributed by atoms with Crippen molar-refractivity contribution in [3.05, 3.63) is 40.3 Å². The normalized spacial score (nSPS) is 20.9. The first-order valence-electron chi connectivity index (χ1n) is 9.36. The minimum absolute atomic E-state index is 0.0263. The highest BCUT2D eigenvalue weighted by Crippen LogP contribution is 2.24. The number of fused-ring (bicyclic) bond motifs is 1. The molecule has 27 heavy (non-hydrogen) atoms. The third kappa shape index (κ3) is 4.02. The van der Waals surface area contributed by atoms with Gasteiger partial charge in [-0.1, -0.05) is 38.0 Å². The predicted octanol–water partition coefficient (Wildman–Crippen LogP) is 2.17. The van der Waals surface area contributed by atoms with Crippen LogP contribution in [-0.2, 0) is 16.6 Å². The highest BCUT2D eigenvalue weighted by atomic mass is 16.5. The molecule has 1 aromatic heterocycles. The summed E-state index contributed by atoms with van der Waals surface area (Å²) in [7, 11) is 1.48. The van der Waals surface area contributed by atoms with Crippen molar-refractivity contribution in [1.82, 2.24) is 15.1 Å². The van der Waals surface area contributed by atoms with E-state index in [0.717, 1.165) is 23.9 Å². The van der Waals surface area contributed by atoms with Crippen LogP contribution in [0.4, 0.5) is 0 Å². The maximum absolute atomic E-state index is 12.6. The SMILES string of the molecule is C[C@H](OC(=O)c1nn(C)c(=O)c2ccccc12)C(=O)N[C@@H]1CCCC[C@@H]1C. The summed E-state index contributed by atoms with van der Waals surface area (Å²) in [6, 6.07) is 6.84. The molecule has 1 amide bonds. The van der Waals surface area contributed by atoms with Crippen molar-refractivity contribution >= 4 is 22.6 Å². The quantitative estimate of drug-likeness (QED) is 0.832. The standard InChI is InChI=1S/C20H25N3O4/c1-12-8-4-7-11-16(12)21-18(24)13(2)27-20(26)17-14-9-5-6-10-15(14)19(25)23(3)22-17/h5-6,9-10,12-13,16H,4,7-8,11H2,1-3H3,(H,21,24)/t12-,13-,16+/m0/s1. The van der Waals surface area contributed by atoms with Crippen LogP contribution in [-0.4, -0.2) is 33.8 Å². The van der Waals surface area contributed by atoms with Crippen LogP contribution in [0.1, 0.15) is 50.0 Å². The van der Waals surface area contributed by atoms with Crippen LogP contribution < -0.4 is 10.9 Å². The number of carbonyl (C=O) groups is 2. The fourth-order valence-corrected chi connectivity index (χ4v) is 3.55. The number of amides is 1. The molecule has 0 radical (unpaired) electrons. The van der Waals surface area contributed by atoms with Gasteiger partial charge in [-0.05, 0) is 31.7 Å². The van der Waals surface area contributed by atoms with E-state index in [-0.39, 0.29) is 23.2 Å². The molecule has 1 fully saturated rings. The summed E-state index contributed by atoms with van der Waals surface area (Å²) in [5.41, 5.74) is -0.266. The van der Waals surface area contributed by atoms with Gasteiger partial charge >= 0.3 is 5.97 Å². The molecule has 1 aliphatic rings. The highest BCUT2D eigenvalue weighted by molar-refractivity contribution is 6.02. The van der Waals surface area contributed by atoms with E-state index in [4.69, 9.17) is 4.74 Å². The molecule has 144 valence electrons. The summed E-state index contributed by atoms with van der Waals surface area (Å²) in [6.45, 7) is 3.67. The molecule has 7 heteroatoms. The van der Waals surface area contributed by atoms with E-state index in [1.54, 1.807) is 31.2 Å². The number of hydrogen-bond donors (Lipinski definition) is 1. The van der Waals surface area contributed by atoms with E-state index in [2.05, 4.69) is 17.3 Å². The summed E-state index contributed by atoms with van der Waals surface area (Å²) >= 11 is 0. The number of benzene rings is 1. The largest absolute Gasteiger partial charge is 0.448 e. The molecular formula is C20H25N3O4. The Hall–Kier alpha value is -2.70. The number of esters is 1. The molecule has 7 nitrogen and oxygen atoms in total. The van der Waals surface area contributed by atoms with Gasteiger partial charge in [-0.25, -0.2) is 9.48 Å². The number of hydrogen-bond acceptors (Lipinski definition) is 5. The molecule has 1 saturated carbocycles. The van der Waals surface area contributed by atoms with Crippen LogP contribution in [0.15, 0.2) is 29.1 Å². The van der Waals surface area contributed by atoms with E-state index in [9.17, 15) is 14.4 Å². The van der Waals surface area contributed by atoms with Crippen molar-refractivity contribution in [2.75, 3.05) is 0 Å². The molecular weight excluding hydrogens is 346 g/mol. The van der Waals surface area contributed by atoms with Crippen LogP contribution in [0.2, 0.25) is 0 Å². The van der Waals surface area contributed by atoms with Crippen molar-refractivity contribution in [1.29, 1.82) is 0 Å². The lowest BCUT2D eigenvalue weighted by atomic mass is 9.86. The summed E-state index contributed by atoms with van der Waals surface area (Å²) in [4.78, 5) is 37.2. The van der Waals surface area contributed by atoms with Gasteiger partial charge in [-0.15, -0.1) is 0 Å². The lowest BCUT2D eigenvalue weighted by Gasteiger charge is -2.30. The third-order valence-electron chi connectivity index (χ3n) is 5.24. The van der Waals surface area contributed by atoms with Gasteiger partial charge in [0.15, 0.2) is 11.8 Å². The Morgan fingerprint density at radius 3 is 2.59 bits per heavy atom. The first-order valence-corrected chi connectivity index (χ1v) is 9.36. The Bertz CT molecular complexity index is 921. The number of nitrogens with one attached hydrogen (secondary N) is 1. The number of aryl methyl sites for hydroxylation is 1. The lowest BCUT2D eigenvalue weighted by Crippen LogP contribution is -2.46. The zero-order valence-electron chi connectivity index (χ0n) is 15.9. The lowest BCUT2D eigenvalue weighted by molar-refractivity contribution is -0.130. The maximum atomic E-state index is 12.6. The van der Waals surface area contributed by atoms with Gasteiger partial charge in [-0.3, -0.25) is 9.59 Å². The summed E-state index contributed by atoms with van der Waals surface area (Å²) in [5.74, 6) is -0.614. The zero-order valence-corrected chi connectivity index (χ0v) is 15.9. The Morgan fingerprint density at radius 2 is 1.89 bits per heavy atom. The molecule has 1 heterocycles. The Balaban J connectivity index is 1.75. The second kappa shape index (κ2) is 7.90. The van der Waals surface area contributed by atoms with Gasteiger partial charge in [0, 0.05) is 18.5 Å². The number of aromatic nitrogens is 2. The third-order valence-corrected chi connectivity index (χ3v) is 5.24. The van der Waals surface area contributed by atoms with Crippen LogP contribution in [0, 0.1) is 5.92 Å². The molecule has 1 N–H and O–H groups in total. The van der Waals surface area contributed by atoms with Crippen molar-refractivity contribution in [3.8, 4) is 0 Å². The highest BCUT2D eigenvalue weighted by Gasteiger charge is 2.27. The van der Waals surface area contributed by atoms with E-state index in [1.165, 1.54) is 13.5 Å². The summed E-state index contributed by atoms with van der Waals surface area (Å²) < 4.78 is 6.45. The first-order chi connectivity index (χ1) is 12.9. The van der Waals surface area contributed by atoms with Gasteiger partial charge in [0.1, 0.15) is 0 Å². The van der Waals surface area contributed by atoms with Crippen LogP contribution in [0.25, 0.3) is 10.8 Å². The Morgan fingerprint density at radius 1 is 1.22 bits per heavy atom. The average molecular weight is 371 g/mol. The second-order valence-electron chi connectivity index (χ2n) is 7.25. The molecule has 0 aliphatic heterocycles. The zero-order chi connectivity index (χ0) is 19.6. The minimum atomic E-state index is -0.940. The Labute approximate surface area is 157 Å². The van der Waals surface area contributed by atoms with Crippen molar-refractivity contribution in [3.63, 3.8) is 0 Å². The fraction of sp³-hybridized carbons (Fsp3) is 0.500. The molecule has 0 saturated heterocycles. The average Bonchev–Trinajstić information content (AvgIpc) is 2.66. The molecule has 3 rings (SSSR count). The maximum Gasteiger partial charge on any atom is 0.360 e. The fourth-order valence-electron chi connectivity index (χ4n) is 3.55. The van der Waals surface area contributed by atoms with E-state index in [1.807, 2.05) is 0 Å². The minimum Gasteiger partial charge on any atom is -0.448 e. The van der Waals surface area contributed by atoms with Gasteiger partial charge in [0.05, 0.1) is 5.39 Å². The van der Waals surface area contributed by atoms with E-state index < -0.39 is 12.1 Å². The molecule has 0 spiro atoms. The van der Waals surface area contributed by atoms with E-state index >= 15 is 0 Å².